The Bertz CT molecular complexity index is 810. The first-order chi connectivity index (χ1) is 15.1. The third-order valence-corrected chi connectivity index (χ3v) is 7.89. The molecule has 0 radical (unpaired) electrons. The Kier molecular flexibility index (Phi) is 7.30. The molecule has 2 nitrogen and oxygen atoms in total. The summed E-state index contributed by atoms with van der Waals surface area (Å²) >= 11 is 0. The molecule has 0 saturated heterocycles. The van der Waals surface area contributed by atoms with E-state index >= 15 is 0 Å². The van der Waals surface area contributed by atoms with Gasteiger partial charge in [0.1, 0.15) is 0 Å². The first-order valence-corrected chi connectivity index (χ1v) is 12.1. The van der Waals surface area contributed by atoms with Gasteiger partial charge >= 0.3 is 0 Å². The van der Waals surface area contributed by atoms with Crippen LogP contribution in [0.1, 0.15) is 62.5 Å². The monoisotopic (exact) mass is 418 g/mol. The first-order valence-electron chi connectivity index (χ1n) is 12.1. The van der Waals surface area contributed by atoms with Crippen LogP contribution in [0, 0.1) is 12.3 Å². The minimum Gasteiger partial charge on any atom is -0.379 e. The Morgan fingerprint density at radius 1 is 0.774 bits per heavy atom. The van der Waals surface area contributed by atoms with Crippen molar-refractivity contribution >= 4 is 0 Å². The summed E-state index contributed by atoms with van der Waals surface area (Å²) in [4.78, 5) is 0. The zero-order chi connectivity index (χ0) is 21.6. The van der Waals surface area contributed by atoms with E-state index in [0.29, 0.717) is 30.7 Å². The van der Waals surface area contributed by atoms with Crippen LogP contribution in [-0.4, -0.2) is 26.4 Å². The predicted molar refractivity (Wildman–Crippen MR) is 129 cm³/mol. The van der Waals surface area contributed by atoms with Crippen molar-refractivity contribution in [3.63, 3.8) is 0 Å². The van der Waals surface area contributed by atoms with Crippen molar-refractivity contribution in [1.29, 1.82) is 0 Å². The Morgan fingerprint density at radius 3 is 1.97 bits per heavy atom. The summed E-state index contributed by atoms with van der Waals surface area (Å²) in [5, 5.41) is 0. The van der Waals surface area contributed by atoms with Gasteiger partial charge in [0.25, 0.3) is 0 Å². The molecule has 0 N–H and O–H groups in total. The number of hydrogen-bond acceptors (Lipinski definition) is 2. The number of aryl methyl sites for hydroxylation is 1. The van der Waals surface area contributed by atoms with Crippen LogP contribution in [0.3, 0.4) is 0 Å². The molecule has 0 atom stereocenters. The molecular formula is C29H38O2. The van der Waals surface area contributed by atoms with E-state index in [9.17, 15) is 0 Å². The molecule has 0 aliphatic heterocycles. The van der Waals surface area contributed by atoms with E-state index in [1.165, 1.54) is 68.1 Å². The molecule has 0 unspecified atom stereocenters. The van der Waals surface area contributed by atoms with E-state index in [0.717, 1.165) is 6.61 Å². The van der Waals surface area contributed by atoms with Gasteiger partial charge in [0.15, 0.2) is 0 Å². The lowest BCUT2D eigenvalue weighted by Crippen LogP contribution is -2.44. The fourth-order valence-electron chi connectivity index (χ4n) is 5.77. The molecule has 31 heavy (non-hydrogen) atoms. The summed E-state index contributed by atoms with van der Waals surface area (Å²) in [6.45, 7) is 8.65. The quantitative estimate of drug-likeness (QED) is 0.282. The maximum Gasteiger partial charge on any atom is 0.0704 e. The largest absolute Gasteiger partial charge is 0.379 e. The van der Waals surface area contributed by atoms with Gasteiger partial charge in [0.05, 0.1) is 19.8 Å². The lowest BCUT2D eigenvalue weighted by molar-refractivity contribution is 0.0156. The highest BCUT2D eigenvalue weighted by Gasteiger charge is 2.48. The molecular weight excluding hydrogens is 380 g/mol. The molecule has 3 fully saturated rings. The molecule has 3 aliphatic rings. The summed E-state index contributed by atoms with van der Waals surface area (Å²) in [6, 6.07) is 18.4. The van der Waals surface area contributed by atoms with Crippen molar-refractivity contribution in [3.8, 4) is 11.1 Å². The maximum absolute atomic E-state index is 5.76. The molecule has 3 saturated carbocycles. The Morgan fingerprint density at radius 2 is 1.35 bits per heavy atom. The standard InChI is InChI=1S/C29H38O2/c1-3-20-30-22-23-31-21-4-13-28-14-17-29(18-15-28,19-16-28)27-11-9-26(10-12-27)25-7-5-24(2)6-8-25/h3,5-12H,1,4,13-23H2,2H3. The van der Waals surface area contributed by atoms with E-state index in [2.05, 4.69) is 62.0 Å². The van der Waals surface area contributed by atoms with Crippen LogP contribution < -0.4 is 0 Å². The minimum atomic E-state index is 0.423. The number of fused-ring (bicyclic) bond motifs is 3. The SMILES string of the molecule is C=CCOCCOCCCC12CCC(c3ccc(-c4ccc(C)cc4)cc3)(CC1)CC2. The highest BCUT2D eigenvalue weighted by Crippen LogP contribution is 2.59. The van der Waals surface area contributed by atoms with Gasteiger partial charge in [0, 0.05) is 6.61 Å². The number of benzene rings is 2. The van der Waals surface area contributed by atoms with Crippen molar-refractivity contribution in [1.82, 2.24) is 0 Å². The van der Waals surface area contributed by atoms with Gasteiger partial charge in [0.2, 0.25) is 0 Å². The number of hydrogen-bond donors (Lipinski definition) is 0. The van der Waals surface area contributed by atoms with Crippen LogP contribution in [-0.2, 0) is 14.9 Å². The summed E-state index contributed by atoms with van der Waals surface area (Å²) in [5.41, 5.74) is 6.53. The van der Waals surface area contributed by atoms with Gasteiger partial charge in [-0.2, -0.15) is 0 Å². The Hall–Kier alpha value is -1.90. The van der Waals surface area contributed by atoms with E-state index in [1.807, 2.05) is 0 Å². The van der Waals surface area contributed by atoms with Crippen molar-refractivity contribution in [2.24, 2.45) is 5.41 Å². The fourth-order valence-corrected chi connectivity index (χ4v) is 5.77. The van der Waals surface area contributed by atoms with Crippen LogP contribution in [0.5, 0.6) is 0 Å². The predicted octanol–water partition coefficient (Wildman–Crippen LogP) is 7.25. The van der Waals surface area contributed by atoms with E-state index < -0.39 is 0 Å². The zero-order valence-electron chi connectivity index (χ0n) is 19.2. The van der Waals surface area contributed by atoms with E-state index in [1.54, 1.807) is 11.6 Å². The van der Waals surface area contributed by atoms with Crippen LogP contribution in [0.4, 0.5) is 0 Å². The Balaban J connectivity index is 1.26. The van der Waals surface area contributed by atoms with Gasteiger partial charge < -0.3 is 9.47 Å². The second-order valence-corrected chi connectivity index (χ2v) is 9.80. The molecule has 3 aliphatic carbocycles. The molecule has 2 heteroatoms. The average Bonchev–Trinajstić information content (AvgIpc) is 2.83. The fraction of sp³-hybridized carbons (Fsp3) is 0.517. The van der Waals surface area contributed by atoms with Gasteiger partial charge in [-0.25, -0.2) is 0 Å². The molecule has 0 heterocycles. The normalized spacial score (nSPS) is 24.9. The molecule has 0 amide bonds. The molecule has 5 rings (SSSR count). The van der Waals surface area contributed by atoms with Crippen molar-refractivity contribution in [2.75, 3.05) is 26.4 Å². The van der Waals surface area contributed by atoms with Gasteiger partial charge in [-0.3, -0.25) is 0 Å². The minimum absolute atomic E-state index is 0.423. The number of rotatable bonds is 11. The van der Waals surface area contributed by atoms with Crippen molar-refractivity contribution in [2.45, 2.75) is 63.7 Å². The Labute approximate surface area is 188 Å². The van der Waals surface area contributed by atoms with Crippen molar-refractivity contribution < 1.29 is 9.47 Å². The zero-order valence-corrected chi connectivity index (χ0v) is 19.2. The average molecular weight is 419 g/mol. The number of ether oxygens (including phenoxy) is 2. The lowest BCUT2D eigenvalue weighted by atomic mass is 9.51. The third-order valence-electron chi connectivity index (χ3n) is 7.89. The van der Waals surface area contributed by atoms with Gasteiger partial charge in [-0.05, 0) is 85.8 Å². The molecule has 0 aromatic heterocycles. The summed E-state index contributed by atoms with van der Waals surface area (Å²) in [5.74, 6) is 0. The highest BCUT2D eigenvalue weighted by atomic mass is 16.5. The van der Waals surface area contributed by atoms with Crippen LogP contribution in [0.25, 0.3) is 11.1 Å². The molecule has 166 valence electrons. The first kappa shape index (κ1) is 22.3. The summed E-state index contributed by atoms with van der Waals surface area (Å²) < 4.78 is 11.1. The van der Waals surface area contributed by atoms with E-state index in [4.69, 9.17) is 9.47 Å². The smallest absolute Gasteiger partial charge is 0.0704 e. The summed E-state index contributed by atoms with van der Waals surface area (Å²) in [7, 11) is 0. The maximum atomic E-state index is 5.76. The molecule has 2 aromatic carbocycles. The lowest BCUT2D eigenvalue weighted by Gasteiger charge is -2.54. The van der Waals surface area contributed by atoms with Crippen LogP contribution in [0.2, 0.25) is 0 Å². The third kappa shape index (κ3) is 5.30. The summed E-state index contributed by atoms with van der Waals surface area (Å²) in [6.07, 6.45) is 12.5. The highest BCUT2D eigenvalue weighted by molar-refractivity contribution is 5.64. The van der Waals surface area contributed by atoms with Crippen LogP contribution >= 0.6 is 0 Å². The topological polar surface area (TPSA) is 18.5 Å². The van der Waals surface area contributed by atoms with Crippen molar-refractivity contribution in [3.05, 3.63) is 72.3 Å². The van der Waals surface area contributed by atoms with Gasteiger partial charge in [-0.1, -0.05) is 60.2 Å². The van der Waals surface area contributed by atoms with E-state index in [-0.39, 0.29) is 0 Å². The van der Waals surface area contributed by atoms with Gasteiger partial charge in [-0.15, -0.1) is 6.58 Å². The molecule has 2 bridgehead atoms. The molecule has 0 spiro atoms. The second-order valence-electron chi connectivity index (χ2n) is 9.80. The molecule has 2 aromatic rings. The van der Waals surface area contributed by atoms with Crippen LogP contribution in [0.15, 0.2) is 61.2 Å². The second kappa shape index (κ2) is 10.1.